The summed E-state index contributed by atoms with van der Waals surface area (Å²) in [5.74, 6) is -0.181. The maximum Gasteiger partial charge on any atom is 0.419 e. The molecule has 2 atom stereocenters. The lowest BCUT2D eigenvalue weighted by Gasteiger charge is -2.25. The molecule has 166 valence electrons. The van der Waals surface area contributed by atoms with Crippen molar-refractivity contribution in [3.05, 3.63) is 63.6 Å². The number of halogens is 4. The smallest absolute Gasteiger partial charge is 0.419 e. The maximum absolute atomic E-state index is 13.5. The Bertz CT molecular complexity index is 822. The summed E-state index contributed by atoms with van der Waals surface area (Å²) in [5.41, 5.74) is 5.81. The number of aliphatic hydroxyl groups excluding tert-OH is 1. The number of benzene rings is 2. The molecule has 0 heterocycles. The summed E-state index contributed by atoms with van der Waals surface area (Å²) in [4.78, 5) is 0. The second kappa shape index (κ2) is 11.4. The first-order valence-electron chi connectivity index (χ1n) is 9.51. The highest BCUT2D eigenvalue weighted by Gasteiger charge is 2.35. The molecule has 0 amide bonds. The van der Waals surface area contributed by atoms with Gasteiger partial charge >= 0.3 is 6.18 Å². The van der Waals surface area contributed by atoms with Gasteiger partial charge in [-0.3, -0.25) is 0 Å². The Hall–Kier alpha value is -1.18. The third-order valence-corrected chi connectivity index (χ3v) is 5.42. The summed E-state index contributed by atoms with van der Waals surface area (Å²) in [6, 6.07) is 11.8. The molecular weight excluding hydrogens is 482 g/mol. The van der Waals surface area contributed by atoms with Crippen molar-refractivity contribution in [3.8, 4) is 5.75 Å². The van der Waals surface area contributed by atoms with Crippen molar-refractivity contribution < 1.29 is 27.5 Å². The number of rotatable bonds is 11. The molecule has 0 saturated carbocycles. The molecule has 0 radical (unpaired) electrons. The lowest BCUT2D eigenvalue weighted by Crippen LogP contribution is -2.47. The van der Waals surface area contributed by atoms with E-state index >= 15 is 0 Å². The quantitative estimate of drug-likeness (QED) is 0.342. The number of aryl methyl sites for hydroxylation is 2. The Morgan fingerprint density at radius 2 is 1.80 bits per heavy atom. The van der Waals surface area contributed by atoms with Gasteiger partial charge in [-0.25, -0.2) is 4.52 Å². The van der Waals surface area contributed by atoms with Crippen molar-refractivity contribution in [1.82, 2.24) is 0 Å². The summed E-state index contributed by atoms with van der Waals surface area (Å²) < 4.78 is 52.1. The molecule has 0 aliphatic carbocycles. The van der Waals surface area contributed by atoms with Gasteiger partial charge in [-0.2, -0.15) is 13.2 Å². The van der Waals surface area contributed by atoms with E-state index in [1.54, 1.807) is 6.07 Å². The van der Waals surface area contributed by atoms with E-state index in [4.69, 9.17) is 15.0 Å². The second-order valence-electron chi connectivity index (χ2n) is 7.28. The summed E-state index contributed by atoms with van der Waals surface area (Å²) in [5, 5.41) is 9.44. The zero-order chi connectivity index (χ0) is 22.2. The molecule has 0 bridgehead atoms. The number of hydrogen-bond acceptors (Lipinski definition) is 4. The van der Waals surface area contributed by atoms with Crippen LogP contribution in [0, 0.1) is 0 Å². The Labute approximate surface area is 185 Å². The van der Waals surface area contributed by atoms with Crippen molar-refractivity contribution in [3.63, 3.8) is 0 Å². The van der Waals surface area contributed by atoms with E-state index in [2.05, 4.69) is 15.9 Å². The fraction of sp³-hybridized carbons (Fsp3) is 0.429. The lowest BCUT2D eigenvalue weighted by atomic mass is 9.93. The fourth-order valence-corrected chi connectivity index (χ4v) is 3.88. The van der Waals surface area contributed by atoms with E-state index in [0.29, 0.717) is 24.8 Å². The molecule has 9 heteroatoms. The van der Waals surface area contributed by atoms with E-state index in [9.17, 15) is 18.3 Å². The van der Waals surface area contributed by atoms with Crippen LogP contribution in [0.2, 0.25) is 0 Å². The minimum atomic E-state index is -4.53. The first-order valence-corrected chi connectivity index (χ1v) is 10.9. The minimum absolute atomic E-state index is 0.132. The monoisotopic (exact) mass is 508 g/mol. The first kappa shape index (κ1) is 25.1. The van der Waals surface area contributed by atoms with Crippen LogP contribution in [0.4, 0.5) is 13.2 Å². The largest absolute Gasteiger partial charge is 0.493 e. The molecule has 0 aromatic heterocycles. The molecule has 4 nitrogen and oxygen atoms in total. The predicted octanol–water partition coefficient (Wildman–Crippen LogP) is 4.64. The third-order valence-electron chi connectivity index (χ3n) is 4.72. The predicted molar refractivity (Wildman–Crippen MR) is 119 cm³/mol. The van der Waals surface area contributed by atoms with Crippen molar-refractivity contribution >= 4 is 25.4 Å². The Balaban J connectivity index is 2.01. The van der Waals surface area contributed by atoms with Gasteiger partial charge in [0.2, 0.25) is 0 Å². The molecule has 2 aromatic rings. The minimum Gasteiger partial charge on any atom is -0.493 e. The molecule has 2 unspecified atom stereocenters. The fourth-order valence-electron chi connectivity index (χ4n) is 3.02. The highest BCUT2D eigenvalue weighted by Crippen LogP contribution is 2.37. The molecule has 30 heavy (non-hydrogen) atoms. The van der Waals surface area contributed by atoms with Gasteiger partial charge in [0.05, 0.1) is 24.3 Å². The average Bonchev–Trinajstić information content (AvgIpc) is 2.70. The van der Waals surface area contributed by atoms with Crippen LogP contribution in [0.15, 0.2) is 46.9 Å². The van der Waals surface area contributed by atoms with Crippen LogP contribution in [0.1, 0.15) is 29.5 Å². The van der Waals surface area contributed by atoms with Gasteiger partial charge in [-0.1, -0.05) is 34.1 Å². The van der Waals surface area contributed by atoms with Crippen LogP contribution in [-0.2, 0) is 23.5 Å². The van der Waals surface area contributed by atoms with Crippen LogP contribution in [0.5, 0.6) is 5.75 Å². The number of aliphatic hydroxyl groups is 1. The average molecular weight is 509 g/mol. The van der Waals surface area contributed by atoms with Gasteiger partial charge in [0.15, 0.2) is 0 Å². The number of hydrogen-bond donors (Lipinski definition) is 2. The SMILES string of the molecule is NC(CO)(CCc1ccc(OCCCc2cccc(Br)c2)c(C(F)(F)F)c1)CO[PH3+]. The van der Waals surface area contributed by atoms with E-state index in [-0.39, 0.29) is 32.0 Å². The molecule has 0 spiro atoms. The summed E-state index contributed by atoms with van der Waals surface area (Å²) >= 11 is 3.40. The molecular formula is C21H27BrF3NO3P+. The van der Waals surface area contributed by atoms with E-state index < -0.39 is 17.3 Å². The Kier molecular flexibility index (Phi) is 9.57. The summed E-state index contributed by atoms with van der Waals surface area (Å²) in [6.45, 7) is 0.00383. The molecule has 3 N–H and O–H groups in total. The maximum atomic E-state index is 13.5. The van der Waals surface area contributed by atoms with Gasteiger partial charge in [0.1, 0.15) is 21.8 Å². The van der Waals surface area contributed by atoms with E-state index in [1.807, 2.05) is 24.3 Å². The summed E-state index contributed by atoms with van der Waals surface area (Å²) in [6.07, 6.45) is -2.64. The van der Waals surface area contributed by atoms with Crippen LogP contribution in [-0.4, -0.2) is 30.5 Å². The first-order chi connectivity index (χ1) is 14.2. The number of alkyl halides is 3. The van der Waals surface area contributed by atoms with Crippen LogP contribution in [0.25, 0.3) is 0 Å². The van der Waals surface area contributed by atoms with Gasteiger partial charge in [-0.05, 0) is 61.1 Å². The van der Waals surface area contributed by atoms with Crippen LogP contribution < -0.4 is 10.5 Å². The molecule has 0 saturated heterocycles. The van der Waals surface area contributed by atoms with E-state index in [0.717, 1.165) is 16.1 Å². The van der Waals surface area contributed by atoms with Gasteiger partial charge in [0, 0.05) is 4.47 Å². The standard InChI is InChI=1S/C21H27BrF3NO3P/c22-17-5-1-3-15(11-17)4-2-10-28-19-7-6-16(12-18(19)21(23,24)25)8-9-20(26,13-27)14-29-30/h1,3,5-7,11-12,27H,2,4,8-10,13-14,26H2,30H3/q+1. The highest BCUT2D eigenvalue weighted by molar-refractivity contribution is 9.10. The van der Waals surface area contributed by atoms with Gasteiger partial charge in [-0.15, -0.1) is 0 Å². The summed E-state index contributed by atoms with van der Waals surface area (Å²) in [7, 11) is 1.26. The van der Waals surface area contributed by atoms with Crippen molar-refractivity contribution in [1.29, 1.82) is 0 Å². The third kappa shape index (κ3) is 7.82. The van der Waals surface area contributed by atoms with Crippen molar-refractivity contribution in [2.24, 2.45) is 5.73 Å². The van der Waals surface area contributed by atoms with E-state index in [1.165, 1.54) is 15.5 Å². The van der Waals surface area contributed by atoms with Gasteiger partial charge in [0.25, 0.3) is 0 Å². The topological polar surface area (TPSA) is 64.7 Å². The number of ether oxygens (including phenoxy) is 1. The lowest BCUT2D eigenvalue weighted by molar-refractivity contribution is -0.139. The highest BCUT2D eigenvalue weighted by atomic mass is 79.9. The van der Waals surface area contributed by atoms with Crippen molar-refractivity contribution in [2.45, 2.75) is 37.4 Å². The Morgan fingerprint density at radius 1 is 1.07 bits per heavy atom. The zero-order valence-electron chi connectivity index (χ0n) is 16.6. The van der Waals surface area contributed by atoms with Crippen LogP contribution in [0.3, 0.4) is 0 Å². The second-order valence-corrected chi connectivity index (χ2v) is 8.60. The molecule has 0 aliphatic heterocycles. The number of nitrogens with two attached hydrogens (primary N) is 1. The zero-order valence-corrected chi connectivity index (χ0v) is 19.6. The molecule has 0 fully saturated rings. The molecule has 0 aliphatic rings. The normalized spacial score (nSPS) is 13.9. The van der Waals surface area contributed by atoms with Crippen LogP contribution >= 0.6 is 25.4 Å². The molecule has 2 rings (SSSR count). The molecule has 2 aromatic carbocycles. The Morgan fingerprint density at radius 3 is 2.43 bits per heavy atom. The van der Waals surface area contributed by atoms with Gasteiger partial charge < -0.3 is 15.6 Å². The van der Waals surface area contributed by atoms with Crippen molar-refractivity contribution in [2.75, 3.05) is 19.8 Å².